The minimum atomic E-state index is -0.187. The molecule has 0 radical (unpaired) electrons. The number of carbonyl (C=O) groups excluding carboxylic acids is 1. The predicted octanol–water partition coefficient (Wildman–Crippen LogP) is 3.32. The molecule has 1 aromatic rings. The number of nitrogens with zero attached hydrogens (tertiary/aromatic N) is 1. The first kappa shape index (κ1) is 15.4. The molecule has 100 valence electrons. The van der Waals surface area contributed by atoms with E-state index in [1.165, 1.54) is 0 Å². The molecule has 0 spiro atoms. The lowest BCUT2D eigenvalue weighted by Crippen LogP contribution is -2.41. The van der Waals surface area contributed by atoms with Gasteiger partial charge in [-0.1, -0.05) is 0 Å². The van der Waals surface area contributed by atoms with Crippen LogP contribution in [-0.4, -0.2) is 23.0 Å². The van der Waals surface area contributed by atoms with Gasteiger partial charge in [-0.3, -0.25) is 4.79 Å². The fourth-order valence-corrected chi connectivity index (χ4v) is 2.45. The molecular weight excluding hydrogens is 362 g/mol. The minimum Gasteiger partial charge on any atom is -0.369 e. The van der Waals surface area contributed by atoms with Crippen LogP contribution in [0.1, 0.15) is 27.2 Å². The summed E-state index contributed by atoms with van der Waals surface area (Å²) in [6, 6.07) is 1.91. The Morgan fingerprint density at radius 3 is 2.61 bits per heavy atom. The van der Waals surface area contributed by atoms with Crippen molar-refractivity contribution < 1.29 is 4.79 Å². The Hall–Kier alpha value is -0.620. The molecule has 1 heterocycles. The Morgan fingerprint density at radius 2 is 2.06 bits per heavy atom. The molecule has 0 aliphatic rings. The first-order valence-electron chi connectivity index (χ1n) is 5.64. The van der Waals surface area contributed by atoms with Gasteiger partial charge in [0, 0.05) is 29.2 Å². The van der Waals surface area contributed by atoms with E-state index in [1.54, 1.807) is 6.20 Å². The zero-order valence-corrected chi connectivity index (χ0v) is 13.9. The molecule has 0 bridgehead atoms. The number of aromatic nitrogens is 1. The molecule has 0 atom stereocenters. The van der Waals surface area contributed by atoms with Gasteiger partial charge in [0.1, 0.15) is 5.82 Å². The van der Waals surface area contributed by atoms with Gasteiger partial charge in [-0.25, -0.2) is 4.98 Å². The van der Waals surface area contributed by atoms with Crippen LogP contribution in [0.15, 0.2) is 21.2 Å². The van der Waals surface area contributed by atoms with Crippen molar-refractivity contribution in [2.75, 3.05) is 11.9 Å². The van der Waals surface area contributed by atoms with E-state index in [1.807, 2.05) is 26.8 Å². The van der Waals surface area contributed by atoms with Gasteiger partial charge in [0.15, 0.2) is 0 Å². The maximum Gasteiger partial charge on any atom is 0.222 e. The highest BCUT2D eigenvalue weighted by Gasteiger charge is 2.13. The summed E-state index contributed by atoms with van der Waals surface area (Å²) in [7, 11) is 0. The molecule has 2 N–H and O–H groups in total. The number of amides is 1. The number of hydrogen-bond donors (Lipinski definition) is 2. The van der Waals surface area contributed by atoms with Crippen molar-refractivity contribution >= 4 is 43.6 Å². The molecule has 0 aromatic carbocycles. The van der Waals surface area contributed by atoms with Gasteiger partial charge >= 0.3 is 0 Å². The lowest BCUT2D eigenvalue weighted by atomic mass is 10.1. The van der Waals surface area contributed by atoms with Crippen molar-refractivity contribution in [2.45, 2.75) is 32.7 Å². The Morgan fingerprint density at radius 1 is 1.39 bits per heavy atom. The van der Waals surface area contributed by atoms with E-state index in [-0.39, 0.29) is 11.4 Å². The molecular formula is C12H17Br2N3O. The maximum atomic E-state index is 11.6. The number of carbonyl (C=O) groups is 1. The largest absolute Gasteiger partial charge is 0.369 e. The van der Waals surface area contributed by atoms with Crippen molar-refractivity contribution in [3.63, 3.8) is 0 Å². The average molecular weight is 379 g/mol. The lowest BCUT2D eigenvalue weighted by molar-refractivity contribution is -0.122. The molecule has 4 nitrogen and oxygen atoms in total. The van der Waals surface area contributed by atoms with Crippen LogP contribution < -0.4 is 10.6 Å². The van der Waals surface area contributed by atoms with Crippen LogP contribution in [0.25, 0.3) is 0 Å². The lowest BCUT2D eigenvalue weighted by Gasteiger charge is -2.20. The highest BCUT2D eigenvalue weighted by atomic mass is 79.9. The second-order valence-electron chi connectivity index (χ2n) is 4.96. The number of rotatable bonds is 4. The standard InChI is InChI=1S/C12H17Br2N3O/c1-12(2,3)17-10(18)4-5-15-11-9(14)6-8(13)7-16-11/h6-7H,4-5H2,1-3H3,(H,15,16)(H,17,18). The van der Waals surface area contributed by atoms with Crippen LogP contribution in [0.3, 0.4) is 0 Å². The number of pyridine rings is 1. The number of nitrogens with one attached hydrogen (secondary N) is 2. The molecule has 0 fully saturated rings. The van der Waals surface area contributed by atoms with Crippen LogP contribution in [0.5, 0.6) is 0 Å². The predicted molar refractivity (Wildman–Crippen MR) is 80.6 cm³/mol. The quantitative estimate of drug-likeness (QED) is 0.844. The van der Waals surface area contributed by atoms with E-state index < -0.39 is 0 Å². The van der Waals surface area contributed by atoms with Crippen LogP contribution >= 0.6 is 31.9 Å². The summed E-state index contributed by atoms with van der Waals surface area (Å²) >= 11 is 6.74. The highest BCUT2D eigenvalue weighted by molar-refractivity contribution is 9.11. The van der Waals surface area contributed by atoms with Crippen LogP contribution in [0.2, 0.25) is 0 Å². The topological polar surface area (TPSA) is 54.0 Å². The SMILES string of the molecule is CC(C)(C)NC(=O)CCNc1ncc(Br)cc1Br. The zero-order chi connectivity index (χ0) is 13.8. The van der Waals surface area contributed by atoms with Gasteiger partial charge in [-0.15, -0.1) is 0 Å². The molecule has 0 aliphatic carbocycles. The highest BCUT2D eigenvalue weighted by Crippen LogP contribution is 2.23. The van der Waals surface area contributed by atoms with Gasteiger partial charge < -0.3 is 10.6 Å². The molecule has 6 heteroatoms. The summed E-state index contributed by atoms with van der Waals surface area (Å²) in [5.74, 6) is 0.769. The van der Waals surface area contributed by atoms with E-state index >= 15 is 0 Å². The van der Waals surface area contributed by atoms with Crippen LogP contribution in [-0.2, 0) is 4.79 Å². The molecule has 1 aromatic heterocycles. The number of anilines is 1. The van der Waals surface area contributed by atoms with Crippen molar-refractivity contribution in [1.82, 2.24) is 10.3 Å². The minimum absolute atomic E-state index is 0.0308. The Labute approximate surface area is 124 Å². The Kier molecular flexibility index (Phi) is 5.59. The number of hydrogen-bond acceptors (Lipinski definition) is 3. The summed E-state index contributed by atoms with van der Waals surface area (Å²) in [4.78, 5) is 15.8. The van der Waals surface area contributed by atoms with Crippen LogP contribution in [0, 0.1) is 0 Å². The van der Waals surface area contributed by atoms with E-state index in [2.05, 4.69) is 47.5 Å². The Balaban J connectivity index is 2.40. The van der Waals surface area contributed by atoms with Crippen molar-refractivity contribution in [3.8, 4) is 0 Å². The third-order valence-electron chi connectivity index (χ3n) is 1.97. The first-order valence-corrected chi connectivity index (χ1v) is 7.22. The summed E-state index contributed by atoms with van der Waals surface area (Å²) in [5.41, 5.74) is -0.187. The van der Waals surface area contributed by atoms with Gasteiger partial charge in [-0.05, 0) is 58.7 Å². The van der Waals surface area contributed by atoms with Crippen molar-refractivity contribution in [3.05, 3.63) is 21.2 Å². The molecule has 1 rings (SSSR count). The van der Waals surface area contributed by atoms with Crippen molar-refractivity contribution in [2.24, 2.45) is 0 Å². The second kappa shape index (κ2) is 6.52. The van der Waals surface area contributed by atoms with E-state index in [0.29, 0.717) is 13.0 Å². The molecule has 18 heavy (non-hydrogen) atoms. The van der Waals surface area contributed by atoms with Gasteiger partial charge in [0.2, 0.25) is 5.91 Å². The molecule has 0 aliphatic heterocycles. The third-order valence-corrected chi connectivity index (χ3v) is 3.00. The fraction of sp³-hybridized carbons (Fsp3) is 0.500. The first-order chi connectivity index (χ1) is 8.28. The van der Waals surface area contributed by atoms with Crippen molar-refractivity contribution in [1.29, 1.82) is 0 Å². The Bertz CT molecular complexity index is 430. The molecule has 1 amide bonds. The molecule has 0 unspecified atom stereocenters. The normalized spacial score (nSPS) is 11.2. The van der Waals surface area contributed by atoms with E-state index in [4.69, 9.17) is 0 Å². The second-order valence-corrected chi connectivity index (χ2v) is 6.73. The zero-order valence-electron chi connectivity index (χ0n) is 10.7. The van der Waals surface area contributed by atoms with Gasteiger partial charge in [0.25, 0.3) is 0 Å². The summed E-state index contributed by atoms with van der Waals surface area (Å²) < 4.78 is 1.78. The van der Waals surface area contributed by atoms with E-state index in [9.17, 15) is 4.79 Å². The fourth-order valence-electron chi connectivity index (χ4n) is 1.32. The average Bonchev–Trinajstić information content (AvgIpc) is 2.18. The third kappa shape index (κ3) is 5.82. The van der Waals surface area contributed by atoms with Gasteiger partial charge in [0.05, 0.1) is 4.47 Å². The monoisotopic (exact) mass is 377 g/mol. The molecule has 0 saturated heterocycles. The summed E-state index contributed by atoms with van der Waals surface area (Å²) in [6.07, 6.45) is 2.13. The molecule has 0 saturated carbocycles. The maximum absolute atomic E-state index is 11.6. The van der Waals surface area contributed by atoms with E-state index in [0.717, 1.165) is 14.8 Å². The van der Waals surface area contributed by atoms with Crippen LogP contribution in [0.4, 0.5) is 5.82 Å². The smallest absolute Gasteiger partial charge is 0.222 e. The summed E-state index contributed by atoms with van der Waals surface area (Å²) in [5, 5.41) is 6.03. The van der Waals surface area contributed by atoms with Gasteiger partial charge in [-0.2, -0.15) is 0 Å². The number of halogens is 2. The summed E-state index contributed by atoms with van der Waals surface area (Å²) in [6.45, 7) is 6.44.